The van der Waals surface area contributed by atoms with Gasteiger partial charge in [0.1, 0.15) is 0 Å². The molecule has 0 unspecified atom stereocenters. The molecule has 0 aliphatic rings. The molecule has 270 valence electrons. The lowest BCUT2D eigenvalue weighted by atomic mass is 10.00. The molecule has 9 aromatic carbocycles. The van der Waals surface area contributed by atoms with Crippen molar-refractivity contribution >= 4 is 74.9 Å². The number of fused-ring (bicyclic) bond motifs is 10. The van der Waals surface area contributed by atoms with E-state index < -0.39 is 0 Å². The molecule has 3 aromatic heterocycles. The summed E-state index contributed by atoms with van der Waals surface area (Å²) in [5.74, 6) is 1.95. The summed E-state index contributed by atoms with van der Waals surface area (Å²) in [4.78, 5) is 15.5. The van der Waals surface area contributed by atoms with Gasteiger partial charge in [0, 0.05) is 42.9 Å². The van der Waals surface area contributed by atoms with E-state index in [1.807, 2.05) is 35.6 Å². The summed E-state index contributed by atoms with van der Waals surface area (Å²) in [6.07, 6.45) is 0. The fourth-order valence-electron chi connectivity index (χ4n) is 8.78. The van der Waals surface area contributed by atoms with Crippen LogP contribution in [-0.2, 0) is 0 Å². The third kappa shape index (κ3) is 5.11. The Kier molecular flexibility index (Phi) is 7.37. The molecular formula is C53H32N4S. The molecule has 0 spiro atoms. The lowest BCUT2D eigenvalue weighted by Gasteiger charge is -2.10. The predicted octanol–water partition coefficient (Wildman–Crippen LogP) is 14.3. The zero-order valence-corrected chi connectivity index (χ0v) is 32.0. The molecule has 12 rings (SSSR count). The molecule has 4 nitrogen and oxygen atoms in total. The Hall–Kier alpha value is -7.47. The standard InChI is InChI=1S/C53H32N4S/c1-3-14-33(15-4-1)37-20-11-21-38(32-37)52-54-51(36-18-5-2-6-19-36)55-53(56-52)43-26-12-24-41-42-25-13-27-46(50(42)58-49(41)43)57-44-30-28-34-16-7-9-22-39(34)47(44)48-40-23-10-8-17-35(40)29-31-45(48)57/h1-32H. The Morgan fingerprint density at radius 3 is 1.53 bits per heavy atom. The van der Waals surface area contributed by atoms with E-state index in [1.165, 1.54) is 58.8 Å². The fraction of sp³-hybridized carbons (Fsp3) is 0. The Balaban J connectivity index is 1.11. The van der Waals surface area contributed by atoms with E-state index in [9.17, 15) is 0 Å². The summed E-state index contributed by atoms with van der Waals surface area (Å²) < 4.78 is 4.85. The number of hydrogen-bond acceptors (Lipinski definition) is 4. The maximum atomic E-state index is 5.25. The number of hydrogen-bond donors (Lipinski definition) is 0. The van der Waals surface area contributed by atoms with Crippen LogP contribution in [0, 0.1) is 0 Å². The summed E-state index contributed by atoms with van der Waals surface area (Å²) in [5.41, 5.74) is 8.70. The Labute approximate surface area is 338 Å². The molecule has 0 bridgehead atoms. The molecule has 0 saturated heterocycles. The van der Waals surface area contributed by atoms with E-state index in [4.69, 9.17) is 15.0 Å². The lowest BCUT2D eigenvalue weighted by molar-refractivity contribution is 1.08. The van der Waals surface area contributed by atoms with E-state index in [-0.39, 0.29) is 0 Å². The van der Waals surface area contributed by atoms with Gasteiger partial charge in [0.15, 0.2) is 17.5 Å². The second-order valence-corrected chi connectivity index (χ2v) is 15.8. The van der Waals surface area contributed by atoms with Crippen LogP contribution in [-0.4, -0.2) is 19.5 Å². The first-order chi connectivity index (χ1) is 28.8. The highest BCUT2D eigenvalue weighted by atomic mass is 32.1. The highest BCUT2D eigenvalue weighted by Crippen LogP contribution is 2.46. The highest BCUT2D eigenvalue weighted by molar-refractivity contribution is 7.26. The number of nitrogens with zero attached hydrogens (tertiary/aromatic N) is 4. The van der Waals surface area contributed by atoms with Gasteiger partial charge in [0.2, 0.25) is 0 Å². The Bertz CT molecular complexity index is 3470. The monoisotopic (exact) mass is 756 g/mol. The van der Waals surface area contributed by atoms with Crippen molar-refractivity contribution in [1.82, 2.24) is 19.5 Å². The second-order valence-electron chi connectivity index (χ2n) is 14.8. The van der Waals surface area contributed by atoms with Gasteiger partial charge < -0.3 is 4.57 Å². The van der Waals surface area contributed by atoms with Gasteiger partial charge in [-0.15, -0.1) is 11.3 Å². The molecule has 0 aliphatic carbocycles. The smallest absolute Gasteiger partial charge is 0.165 e. The first-order valence-electron chi connectivity index (χ1n) is 19.5. The molecule has 58 heavy (non-hydrogen) atoms. The summed E-state index contributed by atoms with van der Waals surface area (Å²) in [6, 6.07) is 69.0. The summed E-state index contributed by atoms with van der Waals surface area (Å²) in [7, 11) is 0. The maximum absolute atomic E-state index is 5.25. The zero-order chi connectivity index (χ0) is 38.2. The second kappa shape index (κ2) is 13.1. The molecule has 0 aliphatic heterocycles. The SMILES string of the molecule is c1ccc(-c2cccc(-c3nc(-c4ccccc4)nc(-c4cccc5c4sc4c(-n6c7ccc8ccccc8c7c7c8ccccc8ccc76)cccc45)n3)c2)cc1. The van der Waals surface area contributed by atoms with E-state index in [1.54, 1.807) is 0 Å². The molecule has 0 amide bonds. The molecule has 12 aromatic rings. The van der Waals surface area contributed by atoms with Crippen LogP contribution in [0.4, 0.5) is 0 Å². The molecule has 0 saturated carbocycles. The number of aromatic nitrogens is 4. The van der Waals surface area contributed by atoms with E-state index >= 15 is 0 Å². The topological polar surface area (TPSA) is 43.6 Å². The van der Waals surface area contributed by atoms with Crippen LogP contribution in [0.25, 0.3) is 115 Å². The van der Waals surface area contributed by atoms with Gasteiger partial charge in [-0.25, -0.2) is 15.0 Å². The predicted molar refractivity (Wildman–Crippen MR) is 244 cm³/mol. The number of rotatable bonds is 5. The quantitative estimate of drug-likeness (QED) is 0.176. The Morgan fingerprint density at radius 2 is 0.845 bits per heavy atom. The summed E-state index contributed by atoms with van der Waals surface area (Å²) in [5, 5.41) is 9.97. The van der Waals surface area contributed by atoms with Crippen LogP contribution in [0.5, 0.6) is 0 Å². The molecule has 0 fully saturated rings. The third-order valence-electron chi connectivity index (χ3n) is 11.4. The van der Waals surface area contributed by atoms with Gasteiger partial charge in [-0.1, -0.05) is 164 Å². The van der Waals surface area contributed by atoms with Crippen LogP contribution >= 0.6 is 11.3 Å². The van der Waals surface area contributed by atoms with Gasteiger partial charge in [-0.05, 0) is 63.0 Å². The van der Waals surface area contributed by atoms with Gasteiger partial charge in [-0.3, -0.25) is 0 Å². The molecule has 5 heteroatoms. The van der Waals surface area contributed by atoms with E-state index in [0.29, 0.717) is 17.5 Å². The van der Waals surface area contributed by atoms with Crippen molar-refractivity contribution in [2.24, 2.45) is 0 Å². The van der Waals surface area contributed by atoms with Crippen molar-refractivity contribution in [3.05, 3.63) is 194 Å². The van der Waals surface area contributed by atoms with Crippen LogP contribution in [0.15, 0.2) is 194 Å². The van der Waals surface area contributed by atoms with Crippen molar-refractivity contribution < 1.29 is 0 Å². The molecule has 0 atom stereocenters. The van der Waals surface area contributed by atoms with Crippen molar-refractivity contribution in [2.45, 2.75) is 0 Å². The van der Waals surface area contributed by atoms with Gasteiger partial charge in [0.05, 0.1) is 21.4 Å². The van der Waals surface area contributed by atoms with E-state index in [2.05, 4.69) is 174 Å². The van der Waals surface area contributed by atoms with Crippen LogP contribution < -0.4 is 0 Å². The van der Waals surface area contributed by atoms with E-state index in [0.717, 1.165) is 38.2 Å². The van der Waals surface area contributed by atoms with Gasteiger partial charge >= 0.3 is 0 Å². The first-order valence-corrected chi connectivity index (χ1v) is 20.3. The van der Waals surface area contributed by atoms with Crippen molar-refractivity contribution in [3.8, 4) is 51.0 Å². The molecule has 3 heterocycles. The van der Waals surface area contributed by atoms with Gasteiger partial charge in [0.25, 0.3) is 0 Å². The molecular weight excluding hydrogens is 725 g/mol. The van der Waals surface area contributed by atoms with Crippen LogP contribution in [0.3, 0.4) is 0 Å². The maximum Gasteiger partial charge on any atom is 0.165 e. The van der Waals surface area contributed by atoms with Gasteiger partial charge in [-0.2, -0.15) is 0 Å². The van der Waals surface area contributed by atoms with Crippen LogP contribution in [0.1, 0.15) is 0 Å². The normalized spacial score (nSPS) is 11.8. The first kappa shape index (κ1) is 32.7. The van der Waals surface area contributed by atoms with Crippen molar-refractivity contribution in [1.29, 1.82) is 0 Å². The summed E-state index contributed by atoms with van der Waals surface area (Å²) >= 11 is 1.81. The fourth-order valence-corrected chi connectivity index (χ4v) is 10.1. The number of benzene rings is 9. The minimum atomic E-state index is 0.644. The largest absolute Gasteiger partial charge is 0.308 e. The average Bonchev–Trinajstić information content (AvgIpc) is 3.86. The minimum Gasteiger partial charge on any atom is -0.308 e. The Morgan fingerprint density at radius 1 is 0.345 bits per heavy atom. The minimum absolute atomic E-state index is 0.644. The highest BCUT2D eigenvalue weighted by Gasteiger charge is 2.22. The zero-order valence-electron chi connectivity index (χ0n) is 31.2. The average molecular weight is 757 g/mol. The van der Waals surface area contributed by atoms with Crippen LogP contribution in [0.2, 0.25) is 0 Å². The molecule has 0 N–H and O–H groups in total. The van der Waals surface area contributed by atoms with Crippen molar-refractivity contribution in [2.75, 3.05) is 0 Å². The number of thiophene rings is 1. The summed E-state index contributed by atoms with van der Waals surface area (Å²) in [6.45, 7) is 0. The van der Waals surface area contributed by atoms with Crippen molar-refractivity contribution in [3.63, 3.8) is 0 Å². The molecule has 0 radical (unpaired) electrons. The lowest BCUT2D eigenvalue weighted by Crippen LogP contribution is -2.00. The third-order valence-corrected chi connectivity index (χ3v) is 12.7.